The third kappa shape index (κ3) is 2.98. The van der Waals surface area contributed by atoms with Crippen LogP contribution < -0.4 is 0 Å². The van der Waals surface area contributed by atoms with Gasteiger partial charge in [0.1, 0.15) is 0 Å². The first-order valence-corrected chi connectivity index (χ1v) is 9.58. The van der Waals surface area contributed by atoms with E-state index >= 15 is 0 Å². The molecule has 1 amide bonds. The Labute approximate surface area is 153 Å². The van der Waals surface area contributed by atoms with Crippen LogP contribution in [0.3, 0.4) is 0 Å². The number of likely N-dealkylation sites (tertiary alicyclic amines) is 1. The second-order valence-corrected chi connectivity index (χ2v) is 7.84. The molecule has 1 N–H and O–H groups in total. The van der Waals surface area contributed by atoms with E-state index in [4.69, 9.17) is 0 Å². The van der Waals surface area contributed by atoms with E-state index in [1.807, 2.05) is 4.90 Å². The first-order chi connectivity index (χ1) is 12.6. The number of nitrogens with zero attached hydrogens (tertiary/aromatic N) is 1. The topological polar surface area (TPSA) is 57.6 Å². The zero-order valence-electron chi connectivity index (χ0n) is 15.0. The van der Waals surface area contributed by atoms with Gasteiger partial charge in [0, 0.05) is 19.5 Å². The Hall–Kier alpha value is -2.36. The molecule has 0 bridgehead atoms. The second-order valence-electron chi connectivity index (χ2n) is 7.84. The maximum Gasteiger partial charge on any atom is 0.310 e. The lowest BCUT2D eigenvalue weighted by Crippen LogP contribution is -2.45. The van der Waals surface area contributed by atoms with Crippen LogP contribution in [0.5, 0.6) is 0 Å². The van der Waals surface area contributed by atoms with Gasteiger partial charge in [0.05, 0.1) is 5.41 Å². The minimum absolute atomic E-state index is 0.0171. The lowest BCUT2D eigenvalue weighted by Gasteiger charge is -2.40. The standard InChI is InChI=1S/C22H25NO3/c24-20(15-22(21(25)26)11-4-12-22)23-13-9-17(10-14-23)19-8-3-6-16-5-1-2-7-18(16)19/h1-3,5-8,17H,4,9-15H2,(H,25,26). The normalized spacial score (nSPS) is 19.9. The number of amides is 1. The molecule has 2 aliphatic rings. The molecular formula is C22H25NO3. The molecule has 2 aromatic carbocycles. The second kappa shape index (κ2) is 6.75. The van der Waals surface area contributed by atoms with Gasteiger partial charge in [-0.1, -0.05) is 48.9 Å². The number of fused-ring (bicyclic) bond motifs is 1. The van der Waals surface area contributed by atoms with Crippen molar-refractivity contribution in [2.45, 2.75) is 44.4 Å². The molecule has 0 aromatic heterocycles. The van der Waals surface area contributed by atoms with Crippen molar-refractivity contribution in [2.24, 2.45) is 5.41 Å². The van der Waals surface area contributed by atoms with Crippen molar-refractivity contribution in [3.8, 4) is 0 Å². The van der Waals surface area contributed by atoms with E-state index < -0.39 is 11.4 Å². The third-order valence-electron chi connectivity index (χ3n) is 6.36. The van der Waals surface area contributed by atoms with Crippen LogP contribution in [-0.4, -0.2) is 35.0 Å². The maximum absolute atomic E-state index is 12.6. The summed E-state index contributed by atoms with van der Waals surface area (Å²) in [6.45, 7) is 1.45. The van der Waals surface area contributed by atoms with Crippen LogP contribution in [0.1, 0.15) is 50.0 Å². The first kappa shape index (κ1) is 17.1. The predicted molar refractivity (Wildman–Crippen MR) is 101 cm³/mol. The van der Waals surface area contributed by atoms with E-state index in [2.05, 4.69) is 42.5 Å². The summed E-state index contributed by atoms with van der Waals surface area (Å²) >= 11 is 0. The van der Waals surface area contributed by atoms with E-state index in [0.29, 0.717) is 18.8 Å². The minimum Gasteiger partial charge on any atom is -0.481 e. The van der Waals surface area contributed by atoms with Gasteiger partial charge in [0.15, 0.2) is 0 Å². The van der Waals surface area contributed by atoms with Crippen LogP contribution in [0, 0.1) is 5.41 Å². The van der Waals surface area contributed by atoms with Crippen molar-refractivity contribution in [3.05, 3.63) is 48.0 Å². The van der Waals surface area contributed by atoms with Gasteiger partial charge in [-0.3, -0.25) is 9.59 Å². The van der Waals surface area contributed by atoms with Gasteiger partial charge in [-0.25, -0.2) is 0 Å². The Morgan fingerprint density at radius 3 is 2.38 bits per heavy atom. The van der Waals surface area contributed by atoms with Crippen molar-refractivity contribution in [3.63, 3.8) is 0 Å². The molecule has 1 heterocycles. The summed E-state index contributed by atoms with van der Waals surface area (Å²) in [4.78, 5) is 26.0. The van der Waals surface area contributed by atoms with Crippen molar-refractivity contribution in [2.75, 3.05) is 13.1 Å². The highest BCUT2D eigenvalue weighted by atomic mass is 16.4. The quantitative estimate of drug-likeness (QED) is 0.898. The number of carboxylic acid groups (broad SMARTS) is 1. The first-order valence-electron chi connectivity index (χ1n) is 9.58. The summed E-state index contributed by atoms with van der Waals surface area (Å²) in [5, 5.41) is 12.0. The highest BCUT2D eigenvalue weighted by molar-refractivity contribution is 5.87. The van der Waals surface area contributed by atoms with E-state index in [0.717, 1.165) is 32.4 Å². The van der Waals surface area contributed by atoms with Crippen molar-refractivity contribution >= 4 is 22.6 Å². The Morgan fingerprint density at radius 1 is 1.04 bits per heavy atom. The lowest BCUT2D eigenvalue weighted by atomic mass is 9.66. The number of rotatable bonds is 4. The van der Waals surface area contributed by atoms with Gasteiger partial charge >= 0.3 is 5.97 Å². The number of piperidine rings is 1. The molecular weight excluding hydrogens is 326 g/mol. The van der Waals surface area contributed by atoms with Gasteiger partial charge in [-0.2, -0.15) is 0 Å². The van der Waals surface area contributed by atoms with Gasteiger partial charge in [-0.05, 0) is 47.9 Å². The molecule has 0 radical (unpaired) electrons. The average Bonchev–Trinajstić information content (AvgIpc) is 2.64. The fourth-order valence-electron chi connectivity index (χ4n) is 4.52. The smallest absolute Gasteiger partial charge is 0.310 e. The van der Waals surface area contributed by atoms with Gasteiger partial charge in [-0.15, -0.1) is 0 Å². The zero-order chi connectivity index (χ0) is 18.1. The number of hydrogen-bond acceptors (Lipinski definition) is 2. The summed E-state index contributed by atoms with van der Waals surface area (Å²) in [5.74, 6) is -0.325. The Bertz CT molecular complexity index is 827. The molecule has 2 fully saturated rings. The fourth-order valence-corrected chi connectivity index (χ4v) is 4.52. The van der Waals surface area contributed by atoms with Crippen LogP contribution in [0.25, 0.3) is 10.8 Å². The molecule has 4 nitrogen and oxygen atoms in total. The van der Waals surface area contributed by atoms with Crippen molar-refractivity contribution in [1.82, 2.24) is 4.90 Å². The Morgan fingerprint density at radius 2 is 1.73 bits per heavy atom. The highest BCUT2D eigenvalue weighted by Gasteiger charge is 2.46. The lowest BCUT2D eigenvalue weighted by molar-refractivity contribution is -0.159. The van der Waals surface area contributed by atoms with E-state index in [-0.39, 0.29) is 12.3 Å². The molecule has 136 valence electrons. The minimum atomic E-state index is -0.803. The molecule has 1 aliphatic carbocycles. The van der Waals surface area contributed by atoms with E-state index in [1.165, 1.54) is 16.3 Å². The summed E-state index contributed by atoms with van der Waals surface area (Å²) in [7, 11) is 0. The number of hydrogen-bond donors (Lipinski definition) is 1. The average molecular weight is 351 g/mol. The predicted octanol–water partition coefficient (Wildman–Crippen LogP) is 4.19. The van der Waals surface area contributed by atoms with Crippen molar-refractivity contribution in [1.29, 1.82) is 0 Å². The monoisotopic (exact) mass is 351 g/mol. The fraction of sp³-hybridized carbons (Fsp3) is 0.455. The van der Waals surface area contributed by atoms with Crippen LogP contribution in [0.4, 0.5) is 0 Å². The third-order valence-corrected chi connectivity index (χ3v) is 6.36. The Kier molecular flexibility index (Phi) is 4.43. The SMILES string of the molecule is O=C(CC1(C(=O)O)CCC1)N1CCC(c2cccc3ccccc23)CC1. The molecule has 0 atom stereocenters. The van der Waals surface area contributed by atoms with E-state index in [1.54, 1.807) is 0 Å². The molecule has 26 heavy (non-hydrogen) atoms. The number of carboxylic acids is 1. The summed E-state index contributed by atoms with van der Waals surface area (Å²) in [6.07, 6.45) is 4.25. The largest absolute Gasteiger partial charge is 0.481 e. The number of carbonyl (C=O) groups excluding carboxylic acids is 1. The Balaban J connectivity index is 1.42. The van der Waals surface area contributed by atoms with E-state index in [9.17, 15) is 14.7 Å². The molecule has 0 unspecified atom stereocenters. The van der Waals surface area contributed by atoms with Crippen LogP contribution in [0.2, 0.25) is 0 Å². The molecule has 1 aliphatic heterocycles. The summed E-state index contributed by atoms with van der Waals surface area (Å²) in [5.41, 5.74) is 0.583. The van der Waals surface area contributed by atoms with Gasteiger partial charge < -0.3 is 10.0 Å². The van der Waals surface area contributed by atoms with Gasteiger partial charge in [0.25, 0.3) is 0 Å². The zero-order valence-corrected chi connectivity index (χ0v) is 15.0. The van der Waals surface area contributed by atoms with Gasteiger partial charge in [0.2, 0.25) is 5.91 Å². The van der Waals surface area contributed by atoms with Crippen molar-refractivity contribution < 1.29 is 14.7 Å². The molecule has 1 saturated heterocycles. The molecule has 2 aromatic rings. The number of benzene rings is 2. The summed E-state index contributed by atoms with van der Waals surface area (Å²) < 4.78 is 0. The maximum atomic E-state index is 12.6. The molecule has 0 spiro atoms. The number of carbonyl (C=O) groups is 2. The molecule has 4 rings (SSSR count). The molecule has 1 saturated carbocycles. The highest BCUT2D eigenvalue weighted by Crippen LogP contribution is 2.45. The number of aliphatic carboxylic acids is 1. The van der Waals surface area contributed by atoms with Crippen LogP contribution >= 0.6 is 0 Å². The molecule has 4 heteroatoms. The summed E-state index contributed by atoms with van der Waals surface area (Å²) in [6, 6.07) is 14.9. The van der Waals surface area contributed by atoms with Crippen LogP contribution in [0.15, 0.2) is 42.5 Å². The van der Waals surface area contributed by atoms with Crippen LogP contribution in [-0.2, 0) is 9.59 Å².